The smallest absolute Gasteiger partial charge is 0.0248 e. The highest BCUT2D eigenvalue weighted by Gasteiger charge is 2.25. The van der Waals surface area contributed by atoms with Crippen molar-refractivity contribution in [2.75, 3.05) is 6.54 Å². The van der Waals surface area contributed by atoms with Crippen LogP contribution in [0.2, 0.25) is 0 Å². The first-order valence-electron chi connectivity index (χ1n) is 7.13. The third kappa shape index (κ3) is 3.12. The number of hydrogen-bond donors (Lipinski definition) is 1. The van der Waals surface area contributed by atoms with E-state index in [-0.39, 0.29) is 6.04 Å². The number of hydrogen-bond acceptors (Lipinski definition) is 2. The first-order valence-corrected chi connectivity index (χ1v) is 7.13. The van der Waals surface area contributed by atoms with Crippen LogP contribution in [0.4, 0.5) is 0 Å². The van der Waals surface area contributed by atoms with Crippen molar-refractivity contribution in [3.63, 3.8) is 0 Å². The van der Waals surface area contributed by atoms with E-state index in [1.165, 1.54) is 42.5 Å². The molecule has 1 fully saturated rings. The van der Waals surface area contributed by atoms with Gasteiger partial charge in [0.05, 0.1) is 0 Å². The lowest BCUT2D eigenvalue weighted by Crippen LogP contribution is -2.48. The quantitative estimate of drug-likeness (QED) is 0.888. The van der Waals surface area contributed by atoms with E-state index in [9.17, 15) is 0 Å². The zero-order valence-corrected chi connectivity index (χ0v) is 11.9. The Morgan fingerprint density at radius 1 is 1.33 bits per heavy atom. The summed E-state index contributed by atoms with van der Waals surface area (Å²) in [6.45, 7) is 8.76. The van der Waals surface area contributed by atoms with E-state index in [0.717, 1.165) is 6.54 Å². The van der Waals surface area contributed by atoms with Gasteiger partial charge in [-0.25, -0.2) is 0 Å². The van der Waals surface area contributed by atoms with Crippen LogP contribution < -0.4 is 5.73 Å². The summed E-state index contributed by atoms with van der Waals surface area (Å²) < 4.78 is 0. The molecule has 2 nitrogen and oxygen atoms in total. The Hall–Kier alpha value is -0.860. The normalized spacial score (nSPS) is 23.0. The summed E-state index contributed by atoms with van der Waals surface area (Å²) in [6, 6.07) is 7.60. The van der Waals surface area contributed by atoms with E-state index < -0.39 is 0 Å². The zero-order valence-electron chi connectivity index (χ0n) is 11.9. The van der Waals surface area contributed by atoms with Gasteiger partial charge in [-0.05, 0) is 51.3 Å². The number of rotatable bonds is 3. The summed E-state index contributed by atoms with van der Waals surface area (Å²) in [5, 5.41) is 0. The second-order valence-corrected chi connectivity index (χ2v) is 5.82. The monoisotopic (exact) mass is 246 g/mol. The van der Waals surface area contributed by atoms with Crippen LogP contribution in [0.3, 0.4) is 0 Å². The fourth-order valence-corrected chi connectivity index (χ4v) is 3.05. The van der Waals surface area contributed by atoms with Gasteiger partial charge in [-0.3, -0.25) is 4.90 Å². The number of aryl methyl sites for hydroxylation is 2. The van der Waals surface area contributed by atoms with Gasteiger partial charge in [0, 0.05) is 18.6 Å². The maximum absolute atomic E-state index is 6.13. The fourth-order valence-electron chi connectivity index (χ4n) is 3.05. The van der Waals surface area contributed by atoms with Crippen molar-refractivity contribution < 1.29 is 0 Å². The first kappa shape index (κ1) is 13.6. The second-order valence-electron chi connectivity index (χ2n) is 5.82. The number of likely N-dealkylation sites (tertiary alicyclic amines) is 1. The van der Waals surface area contributed by atoms with E-state index in [0.29, 0.717) is 6.04 Å². The molecule has 1 heterocycles. The molecular weight excluding hydrogens is 220 g/mol. The Bertz CT molecular complexity index is 398. The molecule has 0 amide bonds. The maximum Gasteiger partial charge on any atom is 0.0248 e. The number of nitrogens with two attached hydrogens (primary N) is 1. The molecule has 1 saturated heterocycles. The number of piperidine rings is 1. The highest BCUT2D eigenvalue weighted by molar-refractivity contribution is 5.30. The van der Waals surface area contributed by atoms with Crippen molar-refractivity contribution in [1.29, 1.82) is 0 Å². The van der Waals surface area contributed by atoms with Crippen molar-refractivity contribution >= 4 is 0 Å². The topological polar surface area (TPSA) is 29.3 Å². The lowest BCUT2D eigenvalue weighted by Gasteiger charge is -2.38. The molecule has 0 spiro atoms. The summed E-state index contributed by atoms with van der Waals surface area (Å²) in [7, 11) is 0. The van der Waals surface area contributed by atoms with Crippen LogP contribution in [0.1, 0.15) is 42.9 Å². The van der Waals surface area contributed by atoms with Crippen LogP contribution in [-0.2, 0) is 6.54 Å². The SMILES string of the molecule is Cc1ccc(CN2CCCCC2C(C)N)c(C)c1. The molecule has 2 rings (SSSR count). The molecule has 1 aromatic rings. The summed E-state index contributed by atoms with van der Waals surface area (Å²) in [5.74, 6) is 0. The Balaban J connectivity index is 2.11. The van der Waals surface area contributed by atoms with Gasteiger partial charge in [-0.15, -0.1) is 0 Å². The van der Waals surface area contributed by atoms with E-state index >= 15 is 0 Å². The molecule has 2 unspecified atom stereocenters. The molecule has 2 atom stereocenters. The predicted octanol–water partition coefficient (Wildman–Crippen LogP) is 3.01. The average Bonchev–Trinajstić information content (AvgIpc) is 2.33. The maximum atomic E-state index is 6.13. The van der Waals surface area contributed by atoms with Crippen molar-refractivity contribution in [3.8, 4) is 0 Å². The van der Waals surface area contributed by atoms with Gasteiger partial charge in [0.2, 0.25) is 0 Å². The number of benzene rings is 1. The lowest BCUT2D eigenvalue weighted by molar-refractivity contribution is 0.123. The molecule has 1 aliphatic heterocycles. The van der Waals surface area contributed by atoms with Gasteiger partial charge >= 0.3 is 0 Å². The van der Waals surface area contributed by atoms with Crippen LogP contribution in [0.15, 0.2) is 18.2 Å². The summed E-state index contributed by atoms with van der Waals surface area (Å²) in [4.78, 5) is 2.58. The van der Waals surface area contributed by atoms with Crippen molar-refractivity contribution in [2.24, 2.45) is 5.73 Å². The Morgan fingerprint density at radius 3 is 2.78 bits per heavy atom. The van der Waals surface area contributed by atoms with Gasteiger partial charge in [0.15, 0.2) is 0 Å². The van der Waals surface area contributed by atoms with E-state index in [1.807, 2.05) is 0 Å². The average molecular weight is 246 g/mol. The van der Waals surface area contributed by atoms with E-state index in [1.54, 1.807) is 0 Å². The minimum Gasteiger partial charge on any atom is -0.327 e. The summed E-state index contributed by atoms with van der Waals surface area (Å²) in [5.41, 5.74) is 10.3. The van der Waals surface area contributed by atoms with Crippen molar-refractivity contribution in [2.45, 2.75) is 58.7 Å². The molecule has 2 heteroatoms. The van der Waals surface area contributed by atoms with E-state index in [2.05, 4.69) is 43.9 Å². The van der Waals surface area contributed by atoms with Gasteiger partial charge in [-0.2, -0.15) is 0 Å². The van der Waals surface area contributed by atoms with Gasteiger partial charge in [0.25, 0.3) is 0 Å². The highest BCUT2D eigenvalue weighted by atomic mass is 15.2. The minimum atomic E-state index is 0.274. The fraction of sp³-hybridized carbons (Fsp3) is 0.625. The third-order valence-corrected chi connectivity index (χ3v) is 4.14. The molecule has 0 radical (unpaired) electrons. The first-order chi connectivity index (χ1) is 8.58. The molecule has 0 saturated carbocycles. The Morgan fingerprint density at radius 2 is 2.11 bits per heavy atom. The molecule has 2 N–H and O–H groups in total. The van der Waals surface area contributed by atoms with Crippen molar-refractivity contribution in [1.82, 2.24) is 4.90 Å². The standard InChI is InChI=1S/C16H26N2/c1-12-7-8-15(13(2)10-12)11-18-9-5-4-6-16(18)14(3)17/h7-8,10,14,16H,4-6,9,11,17H2,1-3H3. The highest BCUT2D eigenvalue weighted by Crippen LogP contribution is 2.22. The van der Waals surface area contributed by atoms with Crippen LogP contribution in [0, 0.1) is 13.8 Å². The molecule has 100 valence electrons. The van der Waals surface area contributed by atoms with Gasteiger partial charge in [-0.1, -0.05) is 30.2 Å². The molecule has 1 aromatic carbocycles. The third-order valence-electron chi connectivity index (χ3n) is 4.14. The predicted molar refractivity (Wildman–Crippen MR) is 77.6 cm³/mol. The zero-order chi connectivity index (χ0) is 13.1. The Labute approximate surface area is 111 Å². The molecule has 1 aliphatic rings. The molecule has 0 aromatic heterocycles. The molecule has 18 heavy (non-hydrogen) atoms. The number of nitrogens with zero attached hydrogens (tertiary/aromatic N) is 1. The van der Waals surface area contributed by atoms with Crippen LogP contribution in [0.25, 0.3) is 0 Å². The molecule has 0 aliphatic carbocycles. The van der Waals surface area contributed by atoms with Crippen LogP contribution in [-0.4, -0.2) is 23.5 Å². The summed E-state index contributed by atoms with van der Waals surface area (Å²) in [6.07, 6.45) is 3.90. The largest absolute Gasteiger partial charge is 0.327 e. The summed E-state index contributed by atoms with van der Waals surface area (Å²) >= 11 is 0. The second kappa shape index (κ2) is 5.85. The van der Waals surface area contributed by atoms with Crippen LogP contribution >= 0.6 is 0 Å². The van der Waals surface area contributed by atoms with Crippen LogP contribution in [0.5, 0.6) is 0 Å². The van der Waals surface area contributed by atoms with Crippen molar-refractivity contribution in [3.05, 3.63) is 34.9 Å². The minimum absolute atomic E-state index is 0.274. The lowest BCUT2D eigenvalue weighted by atomic mass is 9.95. The Kier molecular flexibility index (Phi) is 4.41. The van der Waals surface area contributed by atoms with E-state index in [4.69, 9.17) is 5.73 Å². The van der Waals surface area contributed by atoms with Gasteiger partial charge in [0.1, 0.15) is 0 Å². The van der Waals surface area contributed by atoms with Gasteiger partial charge < -0.3 is 5.73 Å². The molecule has 0 bridgehead atoms. The molecular formula is C16H26N2.